The number of benzene rings is 2. The minimum atomic E-state index is -0.496. The van der Waals surface area contributed by atoms with Gasteiger partial charge in [-0.05, 0) is 11.1 Å². The Bertz CT molecular complexity index is 677. The average Bonchev–Trinajstić information content (AvgIpc) is 2.71. The smallest absolute Gasteiger partial charge is 0.107 e. The van der Waals surface area contributed by atoms with E-state index in [0.29, 0.717) is 13.2 Å². The van der Waals surface area contributed by atoms with Crippen LogP contribution in [0.3, 0.4) is 0 Å². The van der Waals surface area contributed by atoms with E-state index in [1.165, 1.54) is 11.1 Å². The van der Waals surface area contributed by atoms with Gasteiger partial charge in [0.05, 0.1) is 18.8 Å². The van der Waals surface area contributed by atoms with Gasteiger partial charge in [0.2, 0.25) is 0 Å². The van der Waals surface area contributed by atoms with Crippen LogP contribution in [-0.4, -0.2) is 66.9 Å². The Kier molecular flexibility index (Phi) is 11.9. The summed E-state index contributed by atoms with van der Waals surface area (Å²) in [5.74, 6) is 2.42. The summed E-state index contributed by atoms with van der Waals surface area (Å²) in [5, 5.41) is 10.1. The van der Waals surface area contributed by atoms with Crippen LogP contribution in [0.2, 0.25) is 0 Å². The van der Waals surface area contributed by atoms with Crippen LogP contribution < -0.4 is 0 Å². The number of β-amino-alcohol motifs (C(OH)–C–C–N with tert-alkyl or cyclic N) is 1. The number of hydrogen-bond acceptors (Lipinski definition) is 4. The summed E-state index contributed by atoms with van der Waals surface area (Å²) in [6, 6.07) is 21.6. The molecule has 4 nitrogen and oxygen atoms in total. The summed E-state index contributed by atoms with van der Waals surface area (Å²) in [7, 11) is 0. The van der Waals surface area contributed by atoms with Crippen LogP contribution in [0.25, 0.3) is 0 Å². The van der Waals surface area contributed by atoms with Crippen molar-refractivity contribution < 1.29 is 9.84 Å². The molecule has 0 spiro atoms. The molecule has 0 aromatic heterocycles. The first-order valence-electron chi connectivity index (χ1n) is 9.53. The van der Waals surface area contributed by atoms with E-state index in [2.05, 4.69) is 76.4 Å². The van der Waals surface area contributed by atoms with Gasteiger partial charge in [-0.3, -0.25) is 9.80 Å². The molecule has 29 heavy (non-hydrogen) atoms. The van der Waals surface area contributed by atoms with Gasteiger partial charge in [0, 0.05) is 32.7 Å². The van der Waals surface area contributed by atoms with Crippen LogP contribution >= 0.6 is 24.8 Å². The van der Waals surface area contributed by atoms with E-state index in [-0.39, 0.29) is 37.5 Å². The number of piperazine rings is 1. The molecule has 2 aromatic carbocycles. The first-order chi connectivity index (χ1) is 13.3. The monoisotopic (exact) mass is 436 g/mol. The van der Waals surface area contributed by atoms with E-state index in [0.717, 1.165) is 26.2 Å². The molecule has 3 rings (SSSR count). The van der Waals surface area contributed by atoms with Crippen LogP contribution in [0.4, 0.5) is 0 Å². The fourth-order valence-electron chi connectivity index (χ4n) is 3.69. The van der Waals surface area contributed by atoms with Crippen LogP contribution in [0.5, 0.6) is 0 Å². The number of aliphatic hydroxyl groups is 1. The minimum Gasteiger partial charge on any atom is -0.389 e. The first kappa shape index (κ1) is 25.5. The molecule has 1 heterocycles. The Morgan fingerprint density at radius 1 is 0.897 bits per heavy atom. The van der Waals surface area contributed by atoms with Crippen molar-refractivity contribution in [3.05, 3.63) is 71.8 Å². The van der Waals surface area contributed by atoms with E-state index in [9.17, 15) is 5.11 Å². The van der Waals surface area contributed by atoms with Gasteiger partial charge < -0.3 is 9.84 Å². The second-order valence-corrected chi connectivity index (χ2v) is 6.93. The molecule has 1 saturated heterocycles. The van der Waals surface area contributed by atoms with Crippen LogP contribution in [0.15, 0.2) is 60.7 Å². The minimum absolute atomic E-state index is 0. The molecule has 0 radical (unpaired) electrons. The van der Waals surface area contributed by atoms with Gasteiger partial charge in [-0.15, -0.1) is 31.2 Å². The molecule has 1 fully saturated rings. The molecule has 1 aliphatic heterocycles. The number of aliphatic hydroxyl groups excluding tert-OH is 1. The van der Waals surface area contributed by atoms with Crippen molar-refractivity contribution >= 4 is 24.8 Å². The van der Waals surface area contributed by atoms with Gasteiger partial charge in [0.25, 0.3) is 0 Å². The Balaban J connectivity index is 0.00000210. The van der Waals surface area contributed by atoms with E-state index in [1.807, 2.05) is 0 Å². The second kappa shape index (κ2) is 13.6. The van der Waals surface area contributed by atoms with Gasteiger partial charge in [-0.25, -0.2) is 0 Å². The zero-order chi connectivity index (χ0) is 18.9. The van der Waals surface area contributed by atoms with Crippen molar-refractivity contribution in [1.29, 1.82) is 0 Å². The lowest BCUT2D eigenvalue weighted by Gasteiger charge is -2.40. The lowest BCUT2D eigenvalue weighted by atomic mass is 9.96. The molecule has 2 aromatic rings. The molecule has 158 valence electrons. The van der Waals surface area contributed by atoms with Gasteiger partial charge in [0.15, 0.2) is 0 Å². The molecule has 0 saturated carbocycles. The fraction of sp³-hybridized carbons (Fsp3) is 0.391. The maximum absolute atomic E-state index is 10.1. The Labute approximate surface area is 186 Å². The summed E-state index contributed by atoms with van der Waals surface area (Å²) in [5.41, 5.74) is 2.64. The van der Waals surface area contributed by atoms with Crippen molar-refractivity contribution in [3.63, 3.8) is 0 Å². The third-order valence-electron chi connectivity index (χ3n) is 4.97. The lowest BCUT2D eigenvalue weighted by Crippen LogP contribution is -2.50. The number of rotatable bonds is 8. The zero-order valence-electron chi connectivity index (χ0n) is 16.5. The first-order valence-corrected chi connectivity index (χ1v) is 9.53. The van der Waals surface area contributed by atoms with Crippen molar-refractivity contribution in [2.75, 3.05) is 45.9 Å². The topological polar surface area (TPSA) is 35.9 Å². The van der Waals surface area contributed by atoms with Crippen LogP contribution in [0.1, 0.15) is 17.2 Å². The van der Waals surface area contributed by atoms with Gasteiger partial charge in [0.1, 0.15) is 6.61 Å². The van der Waals surface area contributed by atoms with Gasteiger partial charge >= 0.3 is 0 Å². The van der Waals surface area contributed by atoms with E-state index < -0.39 is 6.10 Å². The molecular formula is C23H30Cl2N2O2. The van der Waals surface area contributed by atoms with Crippen molar-refractivity contribution in [2.24, 2.45) is 0 Å². The predicted molar refractivity (Wildman–Crippen MR) is 123 cm³/mol. The predicted octanol–water partition coefficient (Wildman–Crippen LogP) is 3.25. The largest absolute Gasteiger partial charge is 0.389 e. The number of halogens is 2. The Hall–Kier alpha value is -1.58. The van der Waals surface area contributed by atoms with E-state index >= 15 is 0 Å². The van der Waals surface area contributed by atoms with Crippen molar-refractivity contribution in [1.82, 2.24) is 9.80 Å². The summed E-state index contributed by atoms with van der Waals surface area (Å²) >= 11 is 0. The quantitative estimate of drug-likeness (QED) is 0.508. The highest BCUT2D eigenvalue weighted by Crippen LogP contribution is 2.29. The lowest BCUT2D eigenvalue weighted by molar-refractivity contribution is 0.0131. The fourth-order valence-corrected chi connectivity index (χ4v) is 3.69. The Morgan fingerprint density at radius 2 is 1.41 bits per heavy atom. The second-order valence-electron chi connectivity index (χ2n) is 6.93. The summed E-state index contributed by atoms with van der Waals surface area (Å²) < 4.78 is 5.24. The number of hydrogen-bond donors (Lipinski definition) is 1. The Morgan fingerprint density at radius 3 is 1.90 bits per heavy atom. The van der Waals surface area contributed by atoms with Crippen LogP contribution in [-0.2, 0) is 4.74 Å². The maximum atomic E-state index is 10.1. The molecule has 6 heteroatoms. The SMILES string of the molecule is C#CCOCC(O)CN1CCN(C(c2ccccc2)c2ccccc2)CC1.Cl.Cl. The molecule has 0 amide bonds. The van der Waals surface area contributed by atoms with Crippen molar-refractivity contribution in [3.8, 4) is 12.3 Å². The maximum Gasteiger partial charge on any atom is 0.107 e. The van der Waals surface area contributed by atoms with Gasteiger partial charge in [-0.1, -0.05) is 66.6 Å². The standard InChI is InChI=1S/C23H28N2O2.2ClH/c1-2-17-27-19-22(26)18-24-13-15-25(16-14-24)23(20-9-5-3-6-10-20)21-11-7-4-8-12-21;;/h1,3-12,22-23,26H,13-19H2;2*1H. The third kappa shape index (κ3) is 7.64. The highest BCUT2D eigenvalue weighted by Gasteiger charge is 2.26. The number of terminal acetylenes is 1. The van der Waals surface area contributed by atoms with Crippen molar-refractivity contribution in [2.45, 2.75) is 12.1 Å². The summed E-state index contributed by atoms with van der Waals surface area (Å²) in [4.78, 5) is 4.83. The summed E-state index contributed by atoms with van der Waals surface area (Å²) in [6.07, 6.45) is 4.67. The molecule has 1 unspecified atom stereocenters. The third-order valence-corrected chi connectivity index (χ3v) is 4.97. The highest BCUT2D eigenvalue weighted by atomic mass is 35.5. The molecule has 0 bridgehead atoms. The van der Waals surface area contributed by atoms with Crippen LogP contribution in [0, 0.1) is 12.3 Å². The summed E-state index contributed by atoms with van der Waals surface area (Å²) in [6.45, 7) is 4.96. The molecule has 1 N–H and O–H groups in total. The van der Waals surface area contributed by atoms with Gasteiger partial charge in [-0.2, -0.15) is 0 Å². The molecule has 1 atom stereocenters. The highest BCUT2D eigenvalue weighted by molar-refractivity contribution is 5.85. The van der Waals surface area contributed by atoms with E-state index in [1.54, 1.807) is 0 Å². The number of ether oxygens (including phenoxy) is 1. The normalized spacial score (nSPS) is 15.8. The molecule has 0 aliphatic carbocycles. The number of nitrogens with zero attached hydrogens (tertiary/aromatic N) is 2. The zero-order valence-corrected chi connectivity index (χ0v) is 18.2. The average molecular weight is 437 g/mol. The molecular weight excluding hydrogens is 407 g/mol. The molecule has 1 aliphatic rings. The van der Waals surface area contributed by atoms with E-state index in [4.69, 9.17) is 11.2 Å².